The number of hydrogen-bond donors (Lipinski definition) is 1. The minimum atomic E-state index is -0.422. The quantitative estimate of drug-likeness (QED) is 0.871. The molecule has 1 atom stereocenters. The Hall–Kier alpha value is -2.27. The number of thioether (sulfide) groups is 1. The topological polar surface area (TPSA) is 49.4 Å². The predicted octanol–water partition coefficient (Wildman–Crippen LogP) is 2.59. The van der Waals surface area contributed by atoms with Gasteiger partial charge in [0.1, 0.15) is 6.04 Å². The van der Waals surface area contributed by atoms with Crippen molar-refractivity contribution in [1.29, 1.82) is 0 Å². The van der Waals surface area contributed by atoms with Crippen molar-refractivity contribution in [3.05, 3.63) is 60.7 Å². The van der Waals surface area contributed by atoms with Crippen molar-refractivity contribution < 1.29 is 9.59 Å². The Bertz CT molecular complexity index is 775. The van der Waals surface area contributed by atoms with Gasteiger partial charge in [-0.05, 0) is 28.5 Å². The van der Waals surface area contributed by atoms with Crippen LogP contribution in [0.4, 0.5) is 0 Å². The molecule has 0 aromatic heterocycles. The fraction of sp³-hybridized carbons (Fsp3) is 0.263. The molecular weight excluding hydrogens is 320 g/mol. The van der Waals surface area contributed by atoms with E-state index in [2.05, 4.69) is 36.2 Å². The van der Waals surface area contributed by atoms with Gasteiger partial charge < -0.3 is 10.2 Å². The standard InChI is InChI=1S/C19H20N2O2S/c1-2-18(22)21-9-10-24-13-17(21)19(23)20-12-14-7-8-15-5-3-4-6-16(15)11-14/h2-8,11,17H,1,9-10,12-13H2,(H,20,23). The maximum absolute atomic E-state index is 12.5. The van der Waals surface area contributed by atoms with Crippen LogP contribution in [0.3, 0.4) is 0 Å². The lowest BCUT2D eigenvalue weighted by atomic mass is 10.1. The minimum Gasteiger partial charge on any atom is -0.350 e. The average molecular weight is 340 g/mol. The number of fused-ring (bicyclic) bond motifs is 1. The normalized spacial score (nSPS) is 17.5. The molecule has 1 unspecified atom stereocenters. The largest absolute Gasteiger partial charge is 0.350 e. The molecule has 1 aliphatic heterocycles. The van der Waals surface area contributed by atoms with Gasteiger partial charge >= 0.3 is 0 Å². The smallest absolute Gasteiger partial charge is 0.246 e. The number of nitrogens with one attached hydrogen (secondary N) is 1. The highest BCUT2D eigenvalue weighted by Crippen LogP contribution is 2.18. The van der Waals surface area contributed by atoms with Gasteiger partial charge in [-0.3, -0.25) is 9.59 Å². The molecule has 0 aliphatic carbocycles. The van der Waals surface area contributed by atoms with Crippen LogP contribution in [0.2, 0.25) is 0 Å². The first-order valence-corrected chi connectivity index (χ1v) is 9.10. The molecule has 1 N–H and O–H groups in total. The Morgan fingerprint density at radius 3 is 2.83 bits per heavy atom. The van der Waals surface area contributed by atoms with Crippen molar-refractivity contribution >= 4 is 34.3 Å². The van der Waals surface area contributed by atoms with Gasteiger partial charge in [0.15, 0.2) is 0 Å². The van der Waals surface area contributed by atoms with Crippen LogP contribution in [0.1, 0.15) is 5.56 Å². The van der Waals surface area contributed by atoms with Crippen LogP contribution in [0.5, 0.6) is 0 Å². The molecule has 0 bridgehead atoms. The van der Waals surface area contributed by atoms with Gasteiger partial charge in [0.05, 0.1) is 0 Å². The van der Waals surface area contributed by atoms with E-state index >= 15 is 0 Å². The lowest BCUT2D eigenvalue weighted by Crippen LogP contribution is -2.53. The lowest BCUT2D eigenvalue weighted by molar-refractivity contribution is -0.136. The number of carbonyl (C=O) groups excluding carboxylic acids is 2. The highest BCUT2D eigenvalue weighted by molar-refractivity contribution is 7.99. The zero-order valence-corrected chi connectivity index (χ0v) is 14.2. The molecule has 3 rings (SSSR count). The van der Waals surface area contributed by atoms with E-state index in [0.29, 0.717) is 18.8 Å². The van der Waals surface area contributed by atoms with Crippen molar-refractivity contribution in [1.82, 2.24) is 10.2 Å². The Labute approximate surface area is 145 Å². The summed E-state index contributed by atoms with van der Waals surface area (Å²) < 4.78 is 0. The molecule has 2 aromatic carbocycles. The van der Waals surface area contributed by atoms with Gasteiger partial charge in [0.25, 0.3) is 0 Å². The zero-order valence-electron chi connectivity index (χ0n) is 13.4. The third-order valence-corrected chi connectivity index (χ3v) is 5.19. The molecule has 5 heteroatoms. The predicted molar refractivity (Wildman–Crippen MR) is 98.8 cm³/mol. The zero-order chi connectivity index (χ0) is 16.9. The van der Waals surface area contributed by atoms with Gasteiger partial charge in [-0.15, -0.1) is 0 Å². The lowest BCUT2D eigenvalue weighted by Gasteiger charge is -2.33. The molecule has 1 heterocycles. The summed E-state index contributed by atoms with van der Waals surface area (Å²) >= 11 is 1.70. The molecule has 0 saturated carbocycles. The second-order valence-corrected chi connectivity index (χ2v) is 6.88. The van der Waals surface area contributed by atoms with E-state index in [-0.39, 0.29) is 11.8 Å². The average Bonchev–Trinajstić information content (AvgIpc) is 2.65. The maximum Gasteiger partial charge on any atom is 0.246 e. The minimum absolute atomic E-state index is 0.106. The second-order valence-electron chi connectivity index (χ2n) is 5.73. The molecule has 4 nitrogen and oxygen atoms in total. The summed E-state index contributed by atoms with van der Waals surface area (Å²) in [5, 5.41) is 5.30. The number of hydrogen-bond acceptors (Lipinski definition) is 3. The summed E-state index contributed by atoms with van der Waals surface area (Å²) in [7, 11) is 0. The Kier molecular flexibility index (Phi) is 5.20. The van der Waals surface area contributed by atoms with E-state index < -0.39 is 6.04 Å². The monoisotopic (exact) mass is 340 g/mol. The molecule has 0 radical (unpaired) electrons. The van der Waals surface area contributed by atoms with Gasteiger partial charge in [0, 0.05) is 24.6 Å². The molecule has 1 fully saturated rings. The van der Waals surface area contributed by atoms with Crippen molar-refractivity contribution in [3.8, 4) is 0 Å². The Balaban J connectivity index is 1.66. The number of rotatable bonds is 4. The molecule has 2 amide bonds. The maximum atomic E-state index is 12.5. The number of carbonyl (C=O) groups is 2. The number of amides is 2. The van der Waals surface area contributed by atoms with Gasteiger partial charge in [-0.1, -0.05) is 43.0 Å². The first kappa shape index (κ1) is 16.6. The first-order chi connectivity index (χ1) is 11.7. The van der Waals surface area contributed by atoms with Crippen LogP contribution >= 0.6 is 11.8 Å². The highest BCUT2D eigenvalue weighted by atomic mass is 32.2. The molecule has 124 valence electrons. The van der Waals surface area contributed by atoms with E-state index in [1.54, 1.807) is 16.7 Å². The van der Waals surface area contributed by atoms with E-state index in [4.69, 9.17) is 0 Å². The summed E-state index contributed by atoms with van der Waals surface area (Å²) in [5.41, 5.74) is 1.05. The molecule has 0 spiro atoms. The summed E-state index contributed by atoms with van der Waals surface area (Å²) in [6.07, 6.45) is 1.28. The van der Waals surface area contributed by atoms with Crippen molar-refractivity contribution in [2.45, 2.75) is 12.6 Å². The van der Waals surface area contributed by atoms with Gasteiger partial charge in [-0.25, -0.2) is 0 Å². The Morgan fingerprint density at radius 1 is 1.25 bits per heavy atom. The second kappa shape index (κ2) is 7.53. The number of benzene rings is 2. The Morgan fingerprint density at radius 2 is 2.04 bits per heavy atom. The van der Waals surface area contributed by atoms with Crippen molar-refractivity contribution in [2.75, 3.05) is 18.1 Å². The fourth-order valence-electron chi connectivity index (χ4n) is 2.86. The van der Waals surface area contributed by atoms with Crippen LogP contribution in [0.15, 0.2) is 55.1 Å². The van der Waals surface area contributed by atoms with Gasteiger partial charge in [0.2, 0.25) is 11.8 Å². The fourth-order valence-corrected chi connectivity index (χ4v) is 3.90. The highest BCUT2D eigenvalue weighted by Gasteiger charge is 2.31. The number of nitrogens with zero attached hydrogens (tertiary/aromatic N) is 1. The van der Waals surface area contributed by atoms with Crippen molar-refractivity contribution in [3.63, 3.8) is 0 Å². The summed E-state index contributed by atoms with van der Waals surface area (Å²) in [6, 6.07) is 13.9. The molecular formula is C19H20N2O2S. The van der Waals surface area contributed by atoms with Crippen LogP contribution < -0.4 is 5.32 Å². The van der Waals surface area contributed by atoms with Crippen LogP contribution in [-0.2, 0) is 16.1 Å². The molecule has 24 heavy (non-hydrogen) atoms. The third kappa shape index (κ3) is 3.62. The van der Waals surface area contributed by atoms with E-state index in [1.165, 1.54) is 11.5 Å². The van der Waals surface area contributed by atoms with Crippen molar-refractivity contribution in [2.24, 2.45) is 0 Å². The van der Waals surface area contributed by atoms with E-state index in [1.807, 2.05) is 18.2 Å². The first-order valence-electron chi connectivity index (χ1n) is 7.95. The molecule has 1 aliphatic rings. The molecule has 1 saturated heterocycles. The summed E-state index contributed by atoms with van der Waals surface area (Å²) in [5.74, 6) is 1.20. The van der Waals surface area contributed by atoms with Crippen LogP contribution in [0, 0.1) is 0 Å². The van der Waals surface area contributed by atoms with E-state index in [0.717, 1.165) is 16.7 Å². The summed E-state index contributed by atoms with van der Waals surface area (Å²) in [6.45, 7) is 4.57. The third-order valence-electron chi connectivity index (χ3n) is 4.17. The van der Waals surface area contributed by atoms with Gasteiger partial charge in [-0.2, -0.15) is 11.8 Å². The van der Waals surface area contributed by atoms with E-state index in [9.17, 15) is 9.59 Å². The van der Waals surface area contributed by atoms with Crippen LogP contribution in [-0.4, -0.2) is 40.8 Å². The molecule has 2 aromatic rings. The summed E-state index contributed by atoms with van der Waals surface area (Å²) in [4.78, 5) is 26.0. The SMILES string of the molecule is C=CC(=O)N1CCSCC1C(=O)NCc1ccc2ccccc2c1. The van der Waals surface area contributed by atoms with Crippen LogP contribution in [0.25, 0.3) is 10.8 Å².